The number of halogens is 2. The molecule has 11 nitrogen and oxygen atoms in total. The topological polar surface area (TPSA) is 134 Å². The number of pyridine rings is 3. The van der Waals surface area contributed by atoms with Gasteiger partial charge >= 0.3 is 0 Å². The fraction of sp³-hybridized carbons (Fsp3) is 0.320. The van der Waals surface area contributed by atoms with E-state index in [0.29, 0.717) is 66.8 Å². The van der Waals surface area contributed by atoms with Crippen LogP contribution in [0.4, 0.5) is 0 Å². The molecule has 0 aromatic carbocycles. The molecular formula is C25H26Cl2N6O5. The van der Waals surface area contributed by atoms with Crippen LogP contribution in [0.2, 0.25) is 0 Å². The van der Waals surface area contributed by atoms with Crippen molar-refractivity contribution < 1.29 is 19.3 Å². The summed E-state index contributed by atoms with van der Waals surface area (Å²) in [5, 5.41) is 14.3. The summed E-state index contributed by atoms with van der Waals surface area (Å²) in [6, 6.07) is 6.99. The van der Waals surface area contributed by atoms with Crippen LogP contribution < -0.4 is 25.1 Å². The van der Waals surface area contributed by atoms with Gasteiger partial charge in [0.1, 0.15) is 18.7 Å². The van der Waals surface area contributed by atoms with E-state index in [0.717, 1.165) is 17.0 Å². The van der Waals surface area contributed by atoms with E-state index in [9.17, 15) is 9.90 Å². The molecule has 0 saturated heterocycles. The molecule has 1 aliphatic carbocycles. The molecule has 0 spiro atoms. The number of nitrogens with one attached hydrogen (secondary N) is 1. The van der Waals surface area contributed by atoms with Gasteiger partial charge in [0.15, 0.2) is 17.1 Å². The molecule has 200 valence electrons. The van der Waals surface area contributed by atoms with Gasteiger partial charge in [-0.3, -0.25) is 19.3 Å². The third kappa shape index (κ3) is 5.23. The minimum atomic E-state index is -0.629. The van der Waals surface area contributed by atoms with E-state index in [4.69, 9.17) is 14.2 Å². The molecule has 0 radical (unpaired) electrons. The molecule has 0 bridgehead atoms. The molecule has 5 heterocycles. The van der Waals surface area contributed by atoms with Crippen LogP contribution in [0.25, 0.3) is 16.9 Å². The van der Waals surface area contributed by atoms with Gasteiger partial charge in [0.25, 0.3) is 5.56 Å². The highest BCUT2D eigenvalue weighted by molar-refractivity contribution is 5.85. The number of fused-ring (bicyclic) bond motifs is 3. The highest BCUT2D eigenvalue weighted by Crippen LogP contribution is 2.29. The third-order valence-corrected chi connectivity index (χ3v) is 6.43. The molecule has 1 aliphatic heterocycles. The lowest BCUT2D eigenvalue weighted by atomic mass is 9.89. The minimum Gasteiger partial charge on any atom is -0.486 e. The predicted octanol–water partition coefficient (Wildman–Crippen LogP) is 1.81. The van der Waals surface area contributed by atoms with Gasteiger partial charge in [0.2, 0.25) is 5.88 Å². The van der Waals surface area contributed by atoms with Crippen molar-refractivity contribution >= 4 is 36.0 Å². The SMILES string of the molecule is COc1ccc2ncc(=O)n(-c3cnc4c(c3)CC(O)C(NCc3cc5c(cn3)OCCO5)C4)c2n1.Cl.Cl. The number of aliphatic hydroxyl groups excluding tert-OH is 1. The second-order valence-corrected chi connectivity index (χ2v) is 8.71. The molecule has 13 heteroatoms. The van der Waals surface area contributed by atoms with E-state index in [1.807, 2.05) is 12.1 Å². The maximum Gasteiger partial charge on any atom is 0.275 e. The van der Waals surface area contributed by atoms with Crippen molar-refractivity contribution in [2.75, 3.05) is 20.3 Å². The van der Waals surface area contributed by atoms with Gasteiger partial charge in [-0.25, -0.2) is 4.98 Å². The Balaban J connectivity index is 0.00000168. The molecule has 6 rings (SSSR count). The summed E-state index contributed by atoms with van der Waals surface area (Å²) in [5.41, 5.74) is 3.73. The van der Waals surface area contributed by atoms with E-state index in [2.05, 4.69) is 25.3 Å². The van der Waals surface area contributed by atoms with Gasteiger partial charge in [0.05, 0.1) is 43.2 Å². The largest absolute Gasteiger partial charge is 0.486 e. The lowest BCUT2D eigenvalue weighted by Gasteiger charge is -2.30. The Morgan fingerprint density at radius 3 is 2.68 bits per heavy atom. The molecule has 2 unspecified atom stereocenters. The quantitative estimate of drug-likeness (QED) is 0.372. The molecule has 0 saturated carbocycles. The molecule has 2 N–H and O–H groups in total. The zero-order chi connectivity index (χ0) is 24.6. The van der Waals surface area contributed by atoms with Crippen molar-refractivity contribution in [3.63, 3.8) is 0 Å². The summed E-state index contributed by atoms with van der Waals surface area (Å²) in [6.07, 6.45) is 4.89. The number of rotatable bonds is 5. The van der Waals surface area contributed by atoms with Crippen molar-refractivity contribution in [2.24, 2.45) is 0 Å². The third-order valence-electron chi connectivity index (χ3n) is 6.43. The average Bonchev–Trinajstić information content (AvgIpc) is 2.91. The number of hydrogen-bond donors (Lipinski definition) is 2. The lowest BCUT2D eigenvalue weighted by molar-refractivity contribution is 0.117. The maximum absolute atomic E-state index is 12.7. The molecule has 4 aromatic heterocycles. The Bertz CT molecular complexity index is 1520. The van der Waals surface area contributed by atoms with Gasteiger partial charge in [-0.1, -0.05) is 0 Å². The van der Waals surface area contributed by atoms with Gasteiger partial charge in [0, 0.05) is 43.3 Å². The first kappa shape index (κ1) is 27.5. The Kier molecular flexibility index (Phi) is 8.32. The summed E-state index contributed by atoms with van der Waals surface area (Å²) in [5.74, 6) is 1.71. The zero-order valence-corrected chi connectivity index (χ0v) is 22.0. The Morgan fingerprint density at radius 1 is 1.05 bits per heavy atom. The smallest absolute Gasteiger partial charge is 0.275 e. The van der Waals surface area contributed by atoms with Gasteiger partial charge in [-0.05, 0) is 17.7 Å². The highest BCUT2D eigenvalue weighted by atomic mass is 35.5. The summed E-state index contributed by atoms with van der Waals surface area (Å²) in [7, 11) is 1.52. The van der Waals surface area contributed by atoms with E-state index < -0.39 is 6.10 Å². The van der Waals surface area contributed by atoms with Crippen molar-refractivity contribution in [1.82, 2.24) is 29.8 Å². The fourth-order valence-electron chi connectivity index (χ4n) is 4.59. The van der Waals surface area contributed by atoms with Gasteiger partial charge in [-0.2, -0.15) is 4.98 Å². The standard InChI is InChI=1S/C25H24N6O5.2ClH/c1-34-23-3-2-17-25(30-23)31(24(33)13-29-17)16-6-14-7-20(32)19(9-18(14)28-11-16)27-10-15-8-21-22(12-26-15)36-5-4-35-21;;/h2-3,6,8,11-13,19-20,27,32H,4-5,7,9-10H2,1H3;2*1H. The monoisotopic (exact) mass is 560 g/mol. The van der Waals surface area contributed by atoms with Gasteiger partial charge < -0.3 is 24.6 Å². The number of hydrogen-bond acceptors (Lipinski definition) is 10. The van der Waals surface area contributed by atoms with Crippen molar-refractivity contribution in [3.05, 3.63) is 70.2 Å². The highest BCUT2D eigenvalue weighted by Gasteiger charge is 2.28. The van der Waals surface area contributed by atoms with Crippen molar-refractivity contribution in [2.45, 2.75) is 31.5 Å². The van der Waals surface area contributed by atoms with Crippen LogP contribution in [0.3, 0.4) is 0 Å². The van der Waals surface area contributed by atoms with Crippen molar-refractivity contribution in [1.29, 1.82) is 0 Å². The zero-order valence-electron chi connectivity index (χ0n) is 20.4. The first-order valence-corrected chi connectivity index (χ1v) is 11.7. The lowest BCUT2D eigenvalue weighted by Crippen LogP contribution is -2.45. The Labute approximate surface area is 230 Å². The molecule has 2 aliphatic rings. The first-order chi connectivity index (χ1) is 17.6. The number of aromatic nitrogens is 5. The predicted molar refractivity (Wildman–Crippen MR) is 143 cm³/mol. The van der Waals surface area contributed by atoms with E-state index in [1.165, 1.54) is 17.9 Å². The minimum absolute atomic E-state index is 0. The van der Waals surface area contributed by atoms with E-state index in [-0.39, 0.29) is 36.4 Å². The fourth-order valence-corrected chi connectivity index (χ4v) is 4.59. The second-order valence-electron chi connectivity index (χ2n) is 8.71. The van der Waals surface area contributed by atoms with Crippen LogP contribution in [0.15, 0.2) is 47.7 Å². The molecular weight excluding hydrogens is 535 g/mol. The normalized spacial score (nSPS) is 17.6. The molecule has 38 heavy (non-hydrogen) atoms. The number of methoxy groups -OCH3 is 1. The van der Waals surface area contributed by atoms with Gasteiger partial charge in [-0.15, -0.1) is 24.8 Å². The number of ether oxygens (including phenoxy) is 3. The second kappa shape index (κ2) is 11.5. The number of nitrogens with zero attached hydrogens (tertiary/aromatic N) is 5. The van der Waals surface area contributed by atoms with E-state index in [1.54, 1.807) is 24.5 Å². The average molecular weight is 561 g/mol. The van der Waals surface area contributed by atoms with Crippen molar-refractivity contribution in [3.8, 4) is 23.1 Å². The van der Waals surface area contributed by atoms with Crippen LogP contribution in [0.5, 0.6) is 17.4 Å². The maximum atomic E-state index is 12.7. The Morgan fingerprint density at radius 2 is 1.87 bits per heavy atom. The van der Waals surface area contributed by atoms with Crippen LogP contribution in [-0.2, 0) is 19.4 Å². The van der Waals surface area contributed by atoms with Crippen LogP contribution in [0.1, 0.15) is 17.0 Å². The number of aliphatic hydroxyl groups is 1. The van der Waals surface area contributed by atoms with E-state index >= 15 is 0 Å². The first-order valence-electron chi connectivity index (χ1n) is 11.7. The summed E-state index contributed by atoms with van der Waals surface area (Å²) in [4.78, 5) is 30.4. The molecule has 4 aromatic rings. The van der Waals surface area contributed by atoms with Crippen LogP contribution >= 0.6 is 24.8 Å². The molecule has 0 amide bonds. The van der Waals surface area contributed by atoms with Crippen LogP contribution in [-0.4, -0.2) is 62.1 Å². The summed E-state index contributed by atoms with van der Waals surface area (Å²) in [6.45, 7) is 1.50. The Hall–Kier alpha value is -3.51. The molecule has 0 fully saturated rings. The summed E-state index contributed by atoms with van der Waals surface area (Å²) < 4.78 is 17.8. The molecule has 2 atom stereocenters. The van der Waals surface area contributed by atoms with Crippen LogP contribution in [0, 0.1) is 0 Å². The summed E-state index contributed by atoms with van der Waals surface area (Å²) >= 11 is 0.